The third kappa shape index (κ3) is 4.98. The zero-order valence-electron chi connectivity index (χ0n) is 16.2. The summed E-state index contributed by atoms with van der Waals surface area (Å²) in [6, 6.07) is 10.9. The lowest BCUT2D eigenvalue weighted by molar-refractivity contribution is -0.385. The minimum absolute atomic E-state index is 0.0191. The first-order valence-electron chi connectivity index (χ1n) is 8.82. The zero-order valence-corrected chi connectivity index (χ0v) is 18.6. The van der Waals surface area contributed by atoms with Crippen molar-refractivity contribution in [2.24, 2.45) is 0 Å². The molecule has 3 rings (SSSR count). The van der Waals surface area contributed by atoms with Gasteiger partial charge in [0, 0.05) is 11.1 Å². The number of hydrogen-bond acceptors (Lipinski definition) is 5. The quantitative estimate of drug-likeness (QED) is 0.349. The van der Waals surface area contributed by atoms with Crippen molar-refractivity contribution in [3.63, 3.8) is 0 Å². The van der Waals surface area contributed by atoms with Crippen LogP contribution < -0.4 is 10.0 Å². The Morgan fingerprint density at radius 2 is 1.78 bits per heavy atom. The molecular weight excluding hydrogens is 484 g/mol. The Morgan fingerprint density at radius 3 is 2.41 bits per heavy atom. The number of hydrogen-bond donors (Lipinski definition) is 2. The Balaban J connectivity index is 1.85. The van der Waals surface area contributed by atoms with E-state index in [9.17, 15) is 27.7 Å². The summed E-state index contributed by atoms with van der Waals surface area (Å²) in [5.41, 5.74) is -0.406. The first-order chi connectivity index (χ1) is 15.0. The SMILES string of the molecule is Cc1c(NS(=O)(=O)c2ccc(NC(=O)c3ccc(Cl)cc3Cl)c(F)c2)cccc1[N+](=O)[O-]. The Bertz CT molecular complexity index is 1350. The van der Waals surface area contributed by atoms with E-state index in [1.165, 1.54) is 43.3 Å². The lowest BCUT2D eigenvalue weighted by Crippen LogP contribution is -2.16. The maximum Gasteiger partial charge on any atom is 0.274 e. The van der Waals surface area contributed by atoms with Crippen LogP contribution in [0.4, 0.5) is 21.5 Å². The van der Waals surface area contributed by atoms with Gasteiger partial charge in [-0.1, -0.05) is 29.3 Å². The molecule has 0 radical (unpaired) electrons. The van der Waals surface area contributed by atoms with Gasteiger partial charge in [-0.05, 0) is 49.4 Å². The minimum Gasteiger partial charge on any atom is -0.319 e. The molecule has 0 bridgehead atoms. The van der Waals surface area contributed by atoms with Crippen molar-refractivity contribution in [3.05, 3.63) is 91.7 Å². The smallest absolute Gasteiger partial charge is 0.274 e. The molecule has 0 saturated carbocycles. The maximum absolute atomic E-state index is 14.6. The van der Waals surface area contributed by atoms with Gasteiger partial charge in [0.1, 0.15) is 5.82 Å². The summed E-state index contributed by atoms with van der Waals surface area (Å²) >= 11 is 11.8. The number of rotatable bonds is 6. The van der Waals surface area contributed by atoms with Crippen LogP contribution in [0.25, 0.3) is 0 Å². The summed E-state index contributed by atoms with van der Waals surface area (Å²) in [4.78, 5) is 22.3. The molecule has 0 atom stereocenters. The van der Waals surface area contributed by atoms with Crippen molar-refractivity contribution in [3.8, 4) is 0 Å². The highest BCUT2D eigenvalue weighted by Gasteiger charge is 2.21. The second-order valence-corrected chi connectivity index (χ2v) is 9.06. The van der Waals surface area contributed by atoms with E-state index < -0.39 is 31.6 Å². The van der Waals surface area contributed by atoms with Crippen molar-refractivity contribution in [1.29, 1.82) is 0 Å². The molecule has 0 aliphatic rings. The van der Waals surface area contributed by atoms with E-state index in [1.807, 2.05) is 0 Å². The Labute approximate surface area is 192 Å². The van der Waals surface area contributed by atoms with Crippen LogP contribution in [0.2, 0.25) is 10.0 Å². The molecule has 2 N–H and O–H groups in total. The molecule has 166 valence electrons. The van der Waals surface area contributed by atoms with Gasteiger partial charge >= 0.3 is 0 Å². The molecule has 32 heavy (non-hydrogen) atoms. The van der Waals surface area contributed by atoms with E-state index in [4.69, 9.17) is 23.2 Å². The number of halogens is 3. The number of benzene rings is 3. The fraction of sp³-hybridized carbons (Fsp3) is 0.0500. The zero-order chi connectivity index (χ0) is 23.6. The molecule has 0 aliphatic heterocycles. The monoisotopic (exact) mass is 497 g/mol. The van der Waals surface area contributed by atoms with Gasteiger partial charge in [-0.15, -0.1) is 0 Å². The number of nitro groups is 1. The lowest BCUT2D eigenvalue weighted by atomic mass is 10.2. The highest BCUT2D eigenvalue weighted by atomic mass is 35.5. The van der Waals surface area contributed by atoms with Crippen molar-refractivity contribution in [1.82, 2.24) is 0 Å². The minimum atomic E-state index is -4.27. The molecule has 12 heteroatoms. The number of amides is 1. The average Bonchev–Trinajstić information content (AvgIpc) is 2.70. The Hall–Kier alpha value is -3.21. The molecule has 3 aromatic carbocycles. The number of sulfonamides is 1. The number of anilines is 2. The largest absolute Gasteiger partial charge is 0.319 e. The summed E-state index contributed by atoms with van der Waals surface area (Å²) < 4.78 is 42.1. The molecular formula is C20H14Cl2FN3O5S. The number of nitrogens with zero attached hydrogens (tertiary/aromatic N) is 1. The fourth-order valence-corrected chi connectivity index (χ4v) is 4.39. The van der Waals surface area contributed by atoms with E-state index in [-0.39, 0.29) is 33.2 Å². The van der Waals surface area contributed by atoms with Gasteiger partial charge < -0.3 is 5.32 Å². The fourth-order valence-electron chi connectivity index (χ4n) is 2.76. The van der Waals surface area contributed by atoms with Gasteiger partial charge in [-0.25, -0.2) is 12.8 Å². The van der Waals surface area contributed by atoms with Crippen LogP contribution in [-0.2, 0) is 10.0 Å². The van der Waals surface area contributed by atoms with Crippen LogP contribution in [0.5, 0.6) is 0 Å². The number of nitrogens with one attached hydrogen (secondary N) is 2. The summed E-state index contributed by atoms with van der Waals surface area (Å²) in [6.45, 7) is 1.39. The van der Waals surface area contributed by atoms with E-state index in [1.54, 1.807) is 0 Å². The molecule has 0 heterocycles. The third-order valence-electron chi connectivity index (χ3n) is 4.42. The molecule has 0 saturated heterocycles. The van der Waals surface area contributed by atoms with E-state index in [0.717, 1.165) is 12.1 Å². The van der Waals surface area contributed by atoms with Crippen LogP contribution in [0, 0.1) is 22.9 Å². The normalized spacial score (nSPS) is 11.1. The van der Waals surface area contributed by atoms with Crippen LogP contribution >= 0.6 is 23.2 Å². The molecule has 1 amide bonds. The highest BCUT2D eigenvalue weighted by molar-refractivity contribution is 7.92. The first kappa shape index (κ1) is 23.5. The van der Waals surface area contributed by atoms with Crippen molar-refractivity contribution >= 4 is 56.2 Å². The first-order valence-corrected chi connectivity index (χ1v) is 11.1. The third-order valence-corrected chi connectivity index (χ3v) is 6.33. The van der Waals surface area contributed by atoms with Gasteiger partial charge in [-0.2, -0.15) is 0 Å². The van der Waals surface area contributed by atoms with Crippen molar-refractivity contribution in [2.45, 2.75) is 11.8 Å². The van der Waals surface area contributed by atoms with E-state index in [2.05, 4.69) is 10.0 Å². The summed E-state index contributed by atoms with van der Waals surface area (Å²) in [5.74, 6) is -1.73. The number of nitro benzene ring substituents is 1. The summed E-state index contributed by atoms with van der Waals surface area (Å²) in [6.07, 6.45) is 0. The predicted octanol–water partition coefficient (Wildman–Crippen LogP) is 5.40. The predicted molar refractivity (Wildman–Crippen MR) is 119 cm³/mol. The van der Waals surface area contributed by atoms with Gasteiger partial charge in [0.15, 0.2) is 0 Å². The summed E-state index contributed by atoms with van der Waals surface area (Å²) in [5, 5.41) is 13.7. The molecule has 0 fully saturated rings. The standard InChI is InChI=1S/C20H14Cl2FN3O5S/c1-11-17(3-2-4-19(11)26(28)29)25-32(30,31)13-6-8-18(16(23)10-13)24-20(27)14-7-5-12(21)9-15(14)22/h2-10,25H,1H3,(H,24,27). The van der Waals surface area contributed by atoms with E-state index in [0.29, 0.717) is 11.1 Å². The van der Waals surface area contributed by atoms with Crippen molar-refractivity contribution in [2.75, 3.05) is 10.0 Å². The van der Waals surface area contributed by atoms with Gasteiger partial charge in [0.25, 0.3) is 21.6 Å². The maximum atomic E-state index is 14.6. The van der Waals surface area contributed by atoms with E-state index >= 15 is 0 Å². The second kappa shape index (κ2) is 9.11. The average molecular weight is 498 g/mol. The highest BCUT2D eigenvalue weighted by Crippen LogP contribution is 2.28. The van der Waals surface area contributed by atoms with Crippen LogP contribution in [0.15, 0.2) is 59.5 Å². The molecule has 0 aromatic heterocycles. The molecule has 3 aromatic rings. The topological polar surface area (TPSA) is 118 Å². The van der Waals surface area contributed by atoms with Gasteiger partial charge in [-0.3, -0.25) is 19.6 Å². The van der Waals surface area contributed by atoms with Gasteiger partial charge in [0.05, 0.1) is 37.3 Å². The Kier molecular flexibility index (Phi) is 6.68. The Morgan fingerprint density at radius 1 is 1.06 bits per heavy atom. The van der Waals surface area contributed by atoms with Crippen LogP contribution in [0.3, 0.4) is 0 Å². The van der Waals surface area contributed by atoms with Gasteiger partial charge in [0.2, 0.25) is 0 Å². The lowest BCUT2D eigenvalue weighted by Gasteiger charge is -2.12. The summed E-state index contributed by atoms with van der Waals surface area (Å²) in [7, 11) is -4.27. The molecule has 0 spiro atoms. The number of carbonyl (C=O) groups is 1. The van der Waals surface area contributed by atoms with Crippen LogP contribution in [0.1, 0.15) is 15.9 Å². The number of carbonyl (C=O) groups excluding carboxylic acids is 1. The molecule has 0 unspecified atom stereocenters. The van der Waals surface area contributed by atoms with Crippen molar-refractivity contribution < 1.29 is 22.5 Å². The van der Waals surface area contributed by atoms with Crippen LogP contribution in [-0.4, -0.2) is 19.2 Å². The second-order valence-electron chi connectivity index (χ2n) is 6.53. The molecule has 8 nitrogen and oxygen atoms in total. The molecule has 0 aliphatic carbocycles.